The van der Waals surface area contributed by atoms with Gasteiger partial charge >= 0.3 is 6.18 Å². The summed E-state index contributed by atoms with van der Waals surface area (Å²) in [5, 5.41) is 2.48. The molecule has 1 aliphatic heterocycles. The van der Waals surface area contributed by atoms with Gasteiger partial charge in [0.1, 0.15) is 0 Å². The Morgan fingerprint density at radius 3 is 2.73 bits per heavy atom. The van der Waals surface area contributed by atoms with Crippen molar-refractivity contribution in [2.24, 2.45) is 10.9 Å². The molecule has 1 aromatic rings. The summed E-state index contributed by atoms with van der Waals surface area (Å²) in [6, 6.07) is 3.87. The van der Waals surface area contributed by atoms with Gasteiger partial charge in [0.2, 0.25) is 5.54 Å². The number of anilines is 1. The van der Waals surface area contributed by atoms with Crippen molar-refractivity contribution in [3.8, 4) is 11.8 Å². The van der Waals surface area contributed by atoms with Gasteiger partial charge in [-0.1, -0.05) is 23.4 Å². The standard InChI is InChI=1S/C15H10ClF3N2O/c16-10-3-4-12-11(7-10)14(15(17,18)19,6-5-9-1-2-9)20-8-13(22)21-12/h3-4,7-9H,1-2H2,(H,21,22)/t14-/m0/s1. The van der Waals surface area contributed by atoms with E-state index in [0.717, 1.165) is 18.9 Å². The second-order valence-corrected chi connectivity index (χ2v) is 5.63. The van der Waals surface area contributed by atoms with Gasteiger partial charge in [-0.2, -0.15) is 13.2 Å². The molecule has 0 aromatic heterocycles. The molecule has 22 heavy (non-hydrogen) atoms. The van der Waals surface area contributed by atoms with Crippen LogP contribution in [-0.2, 0) is 10.3 Å². The average molecular weight is 327 g/mol. The molecule has 1 aromatic carbocycles. The van der Waals surface area contributed by atoms with Crippen molar-refractivity contribution in [2.75, 3.05) is 5.32 Å². The summed E-state index contributed by atoms with van der Waals surface area (Å²) >= 11 is 5.84. The lowest BCUT2D eigenvalue weighted by molar-refractivity contribution is -0.170. The van der Waals surface area contributed by atoms with Crippen LogP contribution in [0.2, 0.25) is 5.02 Å². The molecule has 3 nitrogen and oxygen atoms in total. The summed E-state index contributed by atoms with van der Waals surface area (Å²) < 4.78 is 41.4. The van der Waals surface area contributed by atoms with Crippen molar-refractivity contribution in [1.29, 1.82) is 0 Å². The van der Waals surface area contributed by atoms with Gasteiger partial charge in [0.15, 0.2) is 0 Å². The number of nitrogens with zero attached hydrogens (tertiary/aromatic N) is 1. The minimum Gasteiger partial charge on any atom is -0.321 e. The van der Waals surface area contributed by atoms with Crippen LogP contribution in [0.3, 0.4) is 0 Å². The number of benzene rings is 1. The lowest BCUT2D eigenvalue weighted by atomic mass is 9.88. The Labute approximate surface area is 129 Å². The van der Waals surface area contributed by atoms with Crippen molar-refractivity contribution in [3.63, 3.8) is 0 Å². The van der Waals surface area contributed by atoms with Gasteiger partial charge in [0.05, 0.1) is 6.21 Å². The van der Waals surface area contributed by atoms with E-state index in [9.17, 15) is 18.0 Å². The third-order valence-corrected chi connectivity index (χ3v) is 3.68. The molecule has 114 valence electrons. The first-order valence-corrected chi connectivity index (χ1v) is 6.95. The quantitative estimate of drug-likeness (QED) is 0.728. The molecular weight excluding hydrogens is 317 g/mol. The van der Waals surface area contributed by atoms with Gasteiger partial charge in [0.25, 0.3) is 5.91 Å². The Morgan fingerprint density at radius 1 is 1.36 bits per heavy atom. The van der Waals surface area contributed by atoms with Gasteiger partial charge in [-0.25, -0.2) is 0 Å². The van der Waals surface area contributed by atoms with Crippen LogP contribution in [0.1, 0.15) is 18.4 Å². The van der Waals surface area contributed by atoms with E-state index in [1.165, 1.54) is 12.1 Å². The van der Waals surface area contributed by atoms with Crippen LogP contribution in [0.5, 0.6) is 0 Å². The van der Waals surface area contributed by atoms with E-state index in [1.54, 1.807) is 0 Å². The van der Waals surface area contributed by atoms with E-state index >= 15 is 0 Å². The maximum absolute atomic E-state index is 13.8. The van der Waals surface area contributed by atoms with Crippen molar-refractivity contribution < 1.29 is 18.0 Å². The number of carbonyl (C=O) groups excluding carboxylic acids is 1. The number of amides is 1. The lowest BCUT2D eigenvalue weighted by Crippen LogP contribution is -2.39. The zero-order valence-corrected chi connectivity index (χ0v) is 11.9. The number of alkyl halides is 3. The Morgan fingerprint density at radius 2 is 2.09 bits per heavy atom. The van der Waals surface area contributed by atoms with E-state index in [0.29, 0.717) is 6.21 Å². The van der Waals surface area contributed by atoms with Crippen molar-refractivity contribution in [3.05, 3.63) is 28.8 Å². The highest BCUT2D eigenvalue weighted by atomic mass is 35.5. The van der Waals surface area contributed by atoms with Crippen molar-refractivity contribution >= 4 is 29.4 Å². The van der Waals surface area contributed by atoms with E-state index in [2.05, 4.69) is 22.2 Å². The largest absolute Gasteiger partial charge is 0.429 e. The number of hydrogen-bond donors (Lipinski definition) is 1. The summed E-state index contributed by atoms with van der Waals surface area (Å²) in [5.74, 6) is 4.10. The number of rotatable bonds is 0. The molecule has 1 N–H and O–H groups in total. The van der Waals surface area contributed by atoms with Crippen LogP contribution < -0.4 is 5.32 Å². The first-order valence-electron chi connectivity index (χ1n) is 6.57. The fourth-order valence-corrected chi connectivity index (χ4v) is 2.32. The number of carbonyl (C=O) groups is 1. The van der Waals surface area contributed by atoms with Crippen LogP contribution in [0.15, 0.2) is 23.2 Å². The Kier molecular flexibility index (Phi) is 3.41. The smallest absolute Gasteiger partial charge is 0.321 e. The van der Waals surface area contributed by atoms with Crippen LogP contribution >= 0.6 is 11.6 Å². The fourth-order valence-electron chi connectivity index (χ4n) is 2.15. The number of nitrogens with one attached hydrogen (secondary N) is 1. The molecule has 1 atom stereocenters. The molecule has 1 heterocycles. The van der Waals surface area contributed by atoms with Crippen LogP contribution in [-0.4, -0.2) is 18.3 Å². The maximum Gasteiger partial charge on any atom is 0.429 e. The Bertz CT molecular complexity index is 729. The SMILES string of the molecule is O=C1C=N[C@](C#CC2CC2)(C(F)(F)F)c2cc(Cl)ccc2N1. The van der Waals surface area contributed by atoms with Crippen molar-refractivity contribution in [1.82, 2.24) is 0 Å². The van der Waals surface area contributed by atoms with E-state index in [1.807, 2.05) is 0 Å². The van der Waals surface area contributed by atoms with Gasteiger partial charge < -0.3 is 5.32 Å². The molecule has 0 saturated heterocycles. The molecule has 1 amide bonds. The third kappa shape index (κ3) is 2.57. The summed E-state index contributed by atoms with van der Waals surface area (Å²) in [6.45, 7) is 0. The van der Waals surface area contributed by atoms with Crippen LogP contribution in [0.25, 0.3) is 0 Å². The molecule has 0 unspecified atom stereocenters. The predicted molar refractivity (Wildman–Crippen MR) is 76.8 cm³/mol. The summed E-state index contributed by atoms with van der Waals surface area (Å²) in [5.41, 5.74) is -3.04. The highest BCUT2D eigenvalue weighted by Crippen LogP contribution is 2.46. The number of halogens is 4. The zero-order valence-electron chi connectivity index (χ0n) is 11.2. The molecule has 1 saturated carbocycles. The van der Waals surface area contributed by atoms with Gasteiger partial charge in [-0.3, -0.25) is 9.79 Å². The zero-order chi connectivity index (χ0) is 16.0. The lowest BCUT2D eigenvalue weighted by Gasteiger charge is -2.28. The van der Waals surface area contributed by atoms with Gasteiger partial charge in [-0.05, 0) is 31.0 Å². The highest BCUT2D eigenvalue weighted by molar-refractivity contribution is 6.33. The van der Waals surface area contributed by atoms with Gasteiger partial charge in [0, 0.05) is 22.2 Å². The Hall–Kier alpha value is -2.00. The van der Waals surface area contributed by atoms with Crippen molar-refractivity contribution in [2.45, 2.75) is 24.6 Å². The molecule has 2 aliphatic rings. The number of aliphatic imine (C=N–C) groups is 1. The summed E-state index contributed by atoms with van der Waals surface area (Å²) in [4.78, 5) is 15.1. The minimum absolute atomic E-state index is 0.00863. The first-order chi connectivity index (χ1) is 10.3. The summed E-state index contributed by atoms with van der Waals surface area (Å²) in [6.07, 6.45) is -2.59. The Balaban J connectivity index is 2.27. The molecule has 7 heteroatoms. The number of fused-ring (bicyclic) bond motifs is 1. The third-order valence-electron chi connectivity index (χ3n) is 3.45. The maximum atomic E-state index is 13.8. The molecule has 3 rings (SSSR count). The molecule has 1 fully saturated rings. The monoisotopic (exact) mass is 326 g/mol. The molecule has 0 radical (unpaired) electrons. The normalized spacial score (nSPS) is 23.9. The second kappa shape index (κ2) is 5.03. The molecule has 0 bridgehead atoms. The van der Waals surface area contributed by atoms with Crippen LogP contribution in [0, 0.1) is 17.8 Å². The molecule has 1 aliphatic carbocycles. The predicted octanol–water partition coefficient (Wildman–Crippen LogP) is 3.53. The minimum atomic E-state index is -4.78. The fraction of sp³-hybridized carbons (Fsp3) is 0.333. The van der Waals surface area contributed by atoms with Crippen LogP contribution in [0.4, 0.5) is 18.9 Å². The average Bonchev–Trinajstić information content (AvgIpc) is 3.24. The molecular formula is C15H10ClF3N2O. The highest BCUT2D eigenvalue weighted by Gasteiger charge is 2.57. The topological polar surface area (TPSA) is 41.5 Å². The van der Waals surface area contributed by atoms with E-state index < -0.39 is 17.6 Å². The first kappa shape index (κ1) is 14.9. The summed E-state index contributed by atoms with van der Waals surface area (Å²) in [7, 11) is 0. The number of hydrogen-bond acceptors (Lipinski definition) is 2. The van der Waals surface area contributed by atoms with Gasteiger partial charge in [-0.15, -0.1) is 0 Å². The second-order valence-electron chi connectivity index (χ2n) is 5.19. The molecule has 0 spiro atoms. The van der Waals surface area contributed by atoms with E-state index in [4.69, 9.17) is 11.6 Å². The van der Waals surface area contributed by atoms with E-state index in [-0.39, 0.29) is 22.2 Å².